The van der Waals surface area contributed by atoms with Gasteiger partial charge in [0.25, 0.3) is 0 Å². The molecule has 0 bridgehead atoms. The summed E-state index contributed by atoms with van der Waals surface area (Å²) in [5.74, 6) is 0.957. The topological polar surface area (TPSA) is 56.6 Å². The molecule has 0 unspecified atom stereocenters. The molecule has 138 valence electrons. The van der Waals surface area contributed by atoms with Crippen LogP contribution in [0.5, 0.6) is 5.75 Å². The van der Waals surface area contributed by atoms with Gasteiger partial charge in [0.2, 0.25) is 5.91 Å². The van der Waals surface area contributed by atoms with Crippen molar-refractivity contribution >= 4 is 5.91 Å². The fraction of sp³-hybridized carbons (Fsp3) is 0.500. The molecule has 0 N–H and O–H groups in total. The Labute approximate surface area is 153 Å². The van der Waals surface area contributed by atoms with Crippen molar-refractivity contribution in [1.29, 1.82) is 0 Å². The molecule has 3 heterocycles. The highest BCUT2D eigenvalue weighted by Crippen LogP contribution is 2.35. The maximum absolute atomic E-state index is 13.1. The van der Waals surface area contributed by atoms with E-state index in [1.54, 1.807) is 4.68 Å². The van der Waals surface area contributed by atoms with Crippen molar-refractivity contribution in [3.8, 4) is 5.75 Å². The van der Waals surface area contributed by atoms with Crippen molar-refractivity contribution in [2.75, 3.05) is 19.8 Å². The number of aromatic nitrogens is 2. The van der Waals surface area contributed by atoms with Gasteiger partial charge in [-0.05, 0) is 26.0 Å². The maximum Gasteiger partial charge on any atom is 0.244 e. The monoisotopic (exact) mass is 355 g/mol. The molecule has 1 spiro atoms. The van der Waals surface area contributed by atoms with Crippen LogP contribution in [-0.4, -0.2) is 45.9 Å². The van der Waals surface area contributed by atoms with Gasteiger partial charge in [-0.2, -0.15) is 5.10 Å². The summed E-state index contributed by atoms with van der Waals surface area (Å²) in [6, 6.07) is 10.0. The number of hydrogen-bond acceptors (Lipinski definition) is 4. The number of hydrogen-bond donors (Lipinski definition) is 0. The summed E-state index contributed by atoms with van der Waals surface area (Å²) < 4.78 is 13.8. The molecule has 1 aromatic heterocycles. The lowest BCUT2D eigenvalue weighted by atomic mass is 9.93. The van der Waals surface area contributed by atoms with Gasteiger partial charge in [-0.25, -0.2) is 0 Å². The summed E-state index contributed by atoms with van der Waals surface area (Å²) >= 11 is 0. The number of carbonyl (C=O) groups excluding carboxylic acids is 1. The van der Waals surface area contributed by atoms with Crippen LogP contribution >= 0.6 is 0 Å². The van der Waals surface area contributed by atoms with Crippen LogP contribution in [0, 0.1) is 13.8 Å². The van der Waals surface area contributed by atoms with Crippen molar-refractivity contribution in [3.63, 3.8) is 0 Å². The molecule has 2 aromatic rings. The van der Waals surface area contributed by atoms with Crippen LogP contribution in [0.3, 0.4) is 0 Å². The highest BCUT2D eigenvalue weighted by atomic mass is 16.5. The molecule has 1 fully saturated rings. The van der Waals surface area contributed by atoms with Crippen molar-refractivity contribution in [2.24, 2.45) is 0 Å². The third kappa shape index (κ3) is 3.33. The SMILES string of the molecule is Cc1cc(C)n(CC(=O)N2Cc3ccccc3OC3(CCOCC3)C2)n1. The Kier molecular flexibility index (Phi) is 4.44. The first kappa shape index (κ1) is 17.1. The number of aryl methyl sites for hydroxylation is 2. The number of carbonyl (C=O) groups is 1. The minimum absolute atomic E-state index is 0.0716. The third-order valence-corrected chi connectivity index (χ3v) is 5.28. The van der Waals surface area contributed by atoms with Crippen LogP contribution in [0.2, 0.25) is 0 Å². The Balaban J connectivity index is 1.62. The molecular formula is C20H25N3O3. The van der Waals surface area contributed by atoms with E-state index in [1.165, 1.54) is 0 Å². The van der Waals surface area contributed by atoms with Gasteiger partial charge in [0.15, 0.2) is 0 Å². The van der Waals surface area contributed by atoms with Crippen LogP contribution in [0.4, 0.5) is 0 Å². The molecule has 0 atom stereocenters. The molecule has 1 aromatic carbocycles. The Morgan fingerprint density at radius 1 is 1.23 bits per heavy atom. The van der Waals surface area contributed by atoms with E-state index in [0.717, 1.165) is 35.5 Å². The molecule has 2 aliphatic rings. The zero-order valence-electron chi connectivity index (χ0n) is 15.4. The predicted molar refractivity (Wildman–Crippen MR) is 97.0 cm³/mol. The second kappa shape index (κ2) is 6.76. The molecule has 6 nitrogen and oxygen atoms in total. The molecular weight excluding hydrogens is 330 g/mol. The van der Waals surface area contributed by atoms with Gasteiger partial charge in [0, 0.05) is 30.6 Å². The predicted octanol–water partition coefficient (Wildman–Crippen LogP) is 2.47. The van der Waals surface area contributed by atoms with Crippen LogP contribution in [0.15, 0.2) is 30.3 Å². The van der Waals surface area contributed by atoms with E-state index in [9.17, 15) is 4.79 Å². The molecule has 2 aliphatic heterocycles. The highest BCUT2D eigenvalue weighted by molar-refractivity contribution is 5.76. The van der Waals surface area contributed by atoms with E-state index in [-0.39, 0.29) is 18.1 Å². The lowest BCUT2D eigenvalue weighted by Gasteiger charge is -2.38. The van der Waals surface area contributed by atoms with Crippen molar-refractivity contribution in [1.82, 2.24) is 14.7 Å². The zero-order chi connectivity index (χ0) is 18.1. The largest absolute Gasteiger partial charge is 0.485 e. The fourth-order valence-corrected chi connectivity index (χ4v) is 3.85. The zero-order valence-corrected chi connectivity index (χ0v) is 15.4. The van der Waals surface area contributed by atoms with Gasteiger partial charge in [-0.3, -0.25) is 9.48 Å². The van der Waals surface area contributed by atoms with E-state index in [2.05, 4.69) is 5.10 Å². The molecule has 0 saturated carbocycles. The van der Waals surface area contributed by atoms with Gasteiger partial charge in [0.05, 0.1) is 25.5 Å². The first-order chi connectivity index (χ1) is 12.5. The number of benzene rings is 1. The van der Waals surface area contributed by atoms with Crippen LogP contribution < -0.4 is 4.74 Å². The maximum atomic E-state index is 13.1. The minimum Gasteiger partial charge on any atom is -0.485 e. The molecule has 4 rings (SSSR count). The molecule has 0 radical (unpaired) electrons. The van der Waals surface area contributed by atoms with Gasteiger partial charge >= 0.3 is 0 Å². The average Bonchev–Trinajstić information content (AvgIpc) is 2.85. The Bertz CT molecular complexity index is 808. The third-order valence-electron chi connectivity index (χ3n) is 5.28. The molecule has 1 amide bonds. The Morgan fingerprint density at radius 3 is 2.73 bits per heavy atom. The van der Waals surface area contributed by atoms with E-state index < -0.39 is 0 Å². The van der Waals surface area contributed by atoms with E-state index in [0.29, 0.717) is 26.3 Å². The van der Waals surface area contributed by atoms with E-state index in [4.69, 9.17) is 9.47 Å². The first-order valence-corrected chi connectivity index (χ1v) is 9.18. The van der Waals surface area contributed by atoms with Crippen LogP contribution in [-0.2, 0) is 22.6 Å². The lowest BCUT2D eigenvalue weighted by molar-refractivity contribution is -0.137. The molecule has 1 saturated heterocycles. The molecule has 0 aliphatic carbocycles. The number of para-hydroxylation sites is 1. The summed E-state index contributed by atoms with van der Waals surface area (Å²) in [5.41, 5.74) is 2.62. The quantitative estimate of drug-likeness (QED) is 0.830. The fourth-order valence-electron chi connectivity index (χ4n) is 3.85. The summed E-state index contributed by atoms with van der Waals surface area (Å²) in [4.78, 5) is 15.0. The Morgan fingerprint density at radius 2 is 2.00 bits per heavy atom. The summed E-state index contributed by atoms with van der Waals surface area (Å²) in [6.07, 6.45) is 1.59. The van der Waals surface area contributed by atoms with Crippen molar-refractivity contribution < 1.29 is 14.3 Å². The van der Waals surface area contributed by atoms with Crippen molar-refractivity contribution in [3.05, 3.63) is 47.3 Å². The molecule has 6 heteroatoms. The second-order valence-corrected chi connectivity index (χ2v) is 7.34. The number of nitrogens with zero attached hydrogens (tertiary/aromatic N) is 3. The standard InChI is InChI=1S/C20H25N3O3/c1-15-11-16(2)23(21-15)13-19(24)22-12-17-5-3-4-6-18(17)26-20(14-22)7-9-25-10-8-20/h3-6,11H,7-10,12-14H2,1-2H3. The molecule has 26 heavy (non-hydrogen) atoms. The van der Waals surface area contributed by atoms with Gasteiger partial charge in [0.1, 0.15) is 17.9 Å². The van der Waals surface area contributed by atoms with Crippen LogP contribution in [0.1, 0.15) is 29.8 Å². The average molecular weight is 355 g/mol. The highest BCUT2D eigenvalue weighted by Gasteiger charge is 2.40. The number of rotatable bonds is 2. The van der Waals surface area contributed by atoms with Crippen LogP contribution in [0.25, 0.3) is 0 Å². The first-order valence-electron chi connectivity index (χ1n) is 9.18. The Hall–Kier alpha value is -2.34. The summed E-state index contributed by atoms with van der Waals surface area (Å²) in [7, 11) is 0. The van der Waals surface area contributed by atoms with E-state index >= 15 is 0 Å². The van der Waals surface area contributed by atoms with Crippen molar-refractivity contribution in [2.45, 2.75) is 45.4 Å². The lowest BCUT2D eigenvalue weighted by Crippen LogP contribution is -2.51. The van der Waals surface area contributed by atoms with Gasteiger partial charge in [-0.15, -0.1) is 0 Å². The van der Waals surface area contributed by atoms with Gasteiger partial charge < -0.3 is 14.4 Å². The normalized spacial score (nSPS) is 18.9. The minimum atomic E-state index is -0.365. The van der Waals surface area contributed by atoms with Gasteiger partial charge in [-0.1, -0.05) is 18.2 Å². The summed E-state index contributed by atoms with van der Waals surface area (Å²) in [5, 5.41) is 4.43. The number of fused-ring (bicyclic) bond motifs is 1. The smallest absolute Gasteiger partial charge is 0.244 e. The van der Waals surface area contributed by atoms with E-state index in [1.807, 2.05) is 49.1 Å². The second-order valence-electron chi connectivity index (χ2n) is 7.34. The number of ether oxygens (including phenoxy) is 2. The summed E-state index contributed by atoms with van der Waals surface area (Å²) in [6.45, 7) is 6.67. The number of amides is 1.